The van der Waals surface area contributed by atoms with Gasteiger partial charge in [-0.25, -0.2) is 0 Å². The van der Waals surface area contributed by atoms with Crippen molar-refractivity contribution in [2.24, 2.45) is 0 Å². The Labute approximate surface area is 103 Å². The van der Waals surface area contributed by atoms with E-state index in [0.29, 0.717) is 6.42 Å². The lowest BCUT2D eigenvalue weighted by Crippen LogP contribution is -2.31. The van der Waals surface area contributed by atoms with Crippen LogP contribution in [0.15, 0.2) is 24.3 Å². The smallest absolute Gasteiger partial charge is 0.307 e. The molecule has 0 heterocycles. The molecule has 0 spiro atoms. The number of carbonyl (C=O) groups is 1. The summed E-state index contributed by atoms with van der Waals surface area (Å²) in [4.78, 5) is 11.1. The van der Waals surface area contributed by atoms with Crippen LogP contribution in [0.4, 0.5) is 0 Å². The molecule has 1 rings (SSSR count). The maximum Gasteiger partial charge on any atom is 0.307 e. The second-order valence-electron chi connectivity index (χ2n) is 4.48. The van der Waals surface area contributed by atoms with Crippen LogP contribution < -0.4 is 5.32 Å². The van der Waals surface area contributed by atoms with Crippen molar-refractivity contribution in [2.75, 3.05) is 7.11 Å². The molecule has 1 unspecified atom stereocenters. The van der Waals surface area contributed by atoms with E-state index in [1.807, 2.05) is 13.0 Å². The van der Waals surface area contributed by atoms with E-state index in [2.05, 4.69) is 42.1 Å². The zero-order valence-electron chi connectivity index (χ0n) is 11.0. The fourth-order valence-electron chi connectivity index (χ4n) is 1.85. The minimum absolute atomic E-state index is 0.109. The minimum atomic E-state index is -0.179. The summed E-state index contributed by atoms with van der Waals surface area (Å²) in [7, 11) is 1.42. The molecule has 17 heavy (non-hydrogen) atoms. The molecule has 0 aliphatic carbocycles. The van der Waals surface area contributed by atoms with E-state index in [1.54, 1.807) is 0 Å². The third kappa shape index (κ3) is 4.57. The second kappa shape index (κ2) is 6.40. The average Bonchev–Trinajstić information content (AvgIpc) is 2.28. The van der Waals surface area contributed by atoms with Gasteiger partial charge >= 0.3 is 5.97 Å². The number of hydrogen-bond acceptors (Lipinski definition) is 3. The highest BCUT2D eigenvalue weighted by molar-refractivity contribution is 5.69. The minimum Gasteiger partial charge on any atom is -0.469 e. The van der Waals surface area contributed by atoms with Gasteiger partial charge in [-0.05, 0) is 26.3 Å². The van der Waals surface area contributed by atoms with Crippen LogP contribution in [0.25, 0.3) is 0 Å². The van der Waals surface area contributed by atoms with Crippen LogP contribution in [0.2, 0.25) is 0 Å². The summed E-state index contributed by atoms with van der Waals surface area (Å²) in [6, 6.07) is 8.72. The molecule has 0 bridgehead atoms. The van der Waals surface area contributed by atoms with Crippen LogP contribution in [0.3, 0.4) is 0 Å². The number of esters is 1. The molecule has 1 N–H and O–H groups in total. The van der Waals surface area contributed by atoms with Crippen molar-refractivity contribution in [3.05, 3.63) is 35.4 Å². The first-order chi connectivity index (χ1) is 8.02. The van der Waals surface area contributed by atoms with Crippen molar-refractivity contribution >= 4 is 5.97 Å². The number of nitrogens with one attached hydrogen (secondary N) is 1. The average molecular weight is 235 g/mol. The van der Waals surface area contributed by atoms with Crippen LogP contribution in [0.5, 0.6) is 0 Å². The molecule has 1 aromatic carbocycles. The molecular weight excluding hydrogens is 214 g/mol. The molecule has 0 fully saturated rings. The first-order valence-corrected chi connectivity index (χ1v) is 5.92. The normalized spacial score (nSPS) is 14.1. The summed E-state index contributed by atoms with van der Waals surface area (Å²) >= 11 is 0. The summed E-state index contributed by atoms with van der Waals surface area (Å²) in [5, 5.41) is 3.39. The van der Waals surface area contributed by atoms with Crippen LogP contribution in [0.1, 0.15) is 37.4 Å². The number of carbonyl (C=O) groups excluding carboxylic acids is 1. The summed E-state index contributed by atoms with van der Waals surface area (Å²) in [5.74, 6) is -0.179. The molecule has 0 aliphatic rings. The van der Waals surface area contributed by atoms with Gasteiger partial charge in [0, 0.05) is 12.1 Å². The first kappa shape index (κ1) is 13.7. The summed E-state index contributed by atoms with van der Waals surface area (Å²) < 4.78 is 4.65. The maximum absolute atomic E-state index is 11.1. The molecule has 3 heteroatoms. The van der Waals surface area contributed by atoms with Crippen molar-refractivity contribution < 1.29 is 9.53 Å². The zero-order valence-corrected chi connectivity index (χ0v) is 11.0. The number of aryl methyl sites for hydroxylation is 1. The van der Waals surface area contributed by atoms with Gasteiger partial charge in [-0.3, -0.25) is 4.79 Å². The van der Waals surface area contributed by atoms with Gasteiger partial charge in [0.15, 0.2) is 0 Å². The Balaban J connectivity index is 2.54. The molecule has 94 valence electrons. The van der Waals surface area contributed by atoms with Gasteiger partial charge in [0.2, 0.25) is 0 Å². The molecule has 0 aliphatic heterocycles. The molecular formula is C14H21NO2. The van der Waals surface area contributed by atoms with Crippen LogP contribution >= 0.6 is 0 Å². The van der Waals surface area contributed by atoms with Crippen LogP contribution in [0, 0.1) is 6.92 Å². The number of hydrogen-bond donors (Lipinski definition) is 1. The van der Waals surface area contributed by atoms with Gasteiger partial charge in [-0.1, -0.05) is 29.8 Å². The Morgan fingerprint density at radius 2 is 2.12 bits per heavy atom. The van der Waals surface area contributed by atoms with Gasteiger partial charge in [-0.2, -0.15) is 0 Å². The molecule has 0 amide bonds. The van der Waals surface area contributed by atoms with Crippen LogP contribution in [-0.4, -0.2) is 19.1 Å². The number of methoxy groups -OCH3 is 1. The predicted molar refractivity (Wildman–Crippen MR) is 68.8 cm³/mol. The lowest BCUT2D eigenvalue weighted by atomic mass is 10.0. The molecule has 0 aromatic heterocycles. The van der Waals surface area contributed by atoms with Gasteiger partial charge in [0.1, 0.15) is 0 Å². The molecule has 3 nitrogen and oxygen atoms in total. The molecule has 0 radical (unpaired) electrons. The summed E-state index contributed by atoms with van der Waals surface area (Å²) in [6.45, 7) is 6.17. The third-order valence-electron chi connectivity index (χ3n) is 2.78. The quantitative estimate of drug-likeness (QED) is 0.797. The van der Waals surface area contributed by atoms with Gasteiger partial charge in [0.05, 0.1) is 13.5 Å². The lowest BCUT2D eigenvalue weighted by molar-refractivity contribution is -0.141. The second-order valence-corrected chi connectivity index (χ2v) is 4.48. The van der Waals surface area contributed by atoms with Crippen molar-refractivity contribution in [3.8, 4) is 0 Å². The van der Waals surface area contributed by atoms with Crippen molar-refractivity contribution in [3.63, 3.8) is 0 Å². The highest BCUT2D eigenvalue weighted by Crippen LogP contribution is 2.14. The molecule has 0 saturated heterocycles. The Morgan fingerprint density at radius 1 is 1.41 bits per heavy atom. The summed E-state index contributed by atoms with van der Waals surface area (Å²) in [6.07, 6.45) is 0.395. The van der Waals surface area contributed by atoms with E-state index < -0.39 is 0 Å². The van der Waals surface area contributed by atoms with Crippen molar-refractivity contribution in [2.45, 2.75) is 39.3 Å². The van der Waals surface area contributed by atoms with Crippen LogP contribution in [-0.2, 0) is 9.53 Å². The Morgan fingerprint density at radius 3 is 2.71 bits per heavy atom. The summed E-state index contributed by atoms with van der Waals surface area (Å²) in [5.41, 5.74) is 2.48. The molecule has 1 aromatic rings. The van der Waals surface area contributed by atoms with Gasteiger partial charge in [-0.15, -0.1) is 0 Å². The predicted octanol–water partition coefficient (Wildman–Crippen LogP) is 2.60. The fourth-order valence-corrected chi connectivity index (χ4v) is 1.85. The number of ether oxygens (including phenoxy) is 1. The topological polar surface area (TPSA) is 38.3 Å². The van der Waals surface area contributed by atoms with E-state index in [-0.39, 0.29) is 18.1 Å². The number of benzene rings is 1. The third-order valence-corrected chi connectivity index (χ3v) is 2.78. The Hall–Kier alpha value is -1.35. The molecule has 2 atom stereocenters. The highest BCUT2D eigenvalue weighted by Gasteiger charge is 2.12. The first-order valence-electron chi connectivity index (χ1n) is 5.92. The zero-order chi connectivity index (χ0) is 12.8. The maximum atomic E-state index is 11.1. The largest absolute Gasteiger partial charge is 0.469 e. The Kier molecular flexibility index (Phi) is 5.16. The standard InChI is InChI=1S/C14H21NO2/c1-10-6-5-7-13(8-10)12(3)15-11(2)9-14(16)17-4/h5-8,11-12,15H,9H2,1-4H3/t11?,12-/m0/s1. The van der Waals surface area contributed by atoms with Crippen molar-refractivity contribution in [1.82, 2.24) is 5.32 Å². The van der Waals surface area contributed by atoms with E-state index in [4.69, 9.17) is 0 Å². The fraction of sp³-hybridized carbons (Fsp3) is 0.500. The van der Waals surface area contributed by atoms with Gasteiger partial charge < -0.3 is 10.1 Å². The number of rotatable bonds is 5. The molecule has 0 saturated carbocycles. The lowest BCUT2D eigenvalue weighted by Gasteiger charge is -2.19. The SMILES string of the molecule is COC(=O)CC(C)N[C@@H](C)c1cccc(C)c1. The van der Waals surface area contributed by atoms with E-state index in [9.17, 15) is 4.79 Å². The van der Waals surface area contributed by atoms with E-state index >= 15 is 0 Å². The highest BCUT2D eigenvalue weighted by atomic mass is 16.5. The van der Waals surface area contributed by atoms with Crippen molar-refractivity contribution in [1.29, 1.82) is 0 Å². The van der Waals surface area contributed by atoms with E-state index in [0.717, 1.165) is 0 Å². The Bertz CT molecular complexity index is 376. The monoisotopic (exact) mass is 235 g/mol. The van der Waals surface area contributed by atoms with Gasteiger partial charge in [0.25, 0.3) is 0 Å². The van der Waals surface area contributed by atoms with E-state index in [1.165, 1.54) is 18.2 Å².